The Kier molecular flexibility index (Phi) is 3.91. The third kappa shape index (κ3) is 3.35. The van der Waals surface area contributed by atoms with E-state index in [1.807, 2.05) is 0 Å². The molecule has 3 aromatic rings. The van der Waals surface area contributed by atoms with Crippen molar-refractivity contribution in [3.05, 3.63) is 72.6 Å². The smallest absolute Gasteiger partial charge is 0.146 e. The molecule has 0 bridgehead atoms. The van der Waals surface area contributed by atoms with Gasteiger partial charge < -0.3 is 10.6 Å². The van der Waals surface area contributed by atoms with Gasteiger partial charge in [0.1, 0.15) is 29.6 Å². The van der Waals surface area contributed by atoms with Gasteiger partial charge in [0, 0.05) is 11.8 Å². The van der Waals surface area contributed by atoms with Gasteiger partial charge in [-0.1, -0.05) is 12.1 Å². The van der Waals surface area contributed by atoms with E-state index in [9.17, 15) is 8.78 Å². The summed E-state index contributed by atoms with van der Waals surface area (Å²) < 4.78 is 26.5. The van der Waals surface area contributed by atoms with E-state index in [1.54, 1.807) is 36.4 Å². The summed E-state index contributed by atoms with van der Waals surface area (Å²) in [5.74, 6) is 0.287. The highest BCUT2D eigenvalue weighted by atomic mass is 19.1. The minimum atomic E-state index is -0.367. The van der Waals surface area contributed by atoms with E-state index < -0.39 is 0 Å². The molecule has 0 aliphatic rings. The van der Waals surface area contributed by atoms with Crippen LogP contribution in [0, 0.1) is 11.6 Å². The third-order valence-corrected chi connectivity index (χ3v) is 2.92. The first-order chi connectivity index (χ1) is 10.7. The van der Waals surface area contributed by atoms with Gasteiger partial charge in [-0.05, 0) is 36.4 Å². The van der Waals surface area contributed by atoms with Crippen LogP contribution < -0.4 is 10.6 Å². The Labute approximate surface area is 125 Å². The van der Waals surface area contributed by atoms with Gasteiger partial charge in [-0.3, -0.25) is 0 Å². The van der Waals surface area contributed by atoms with Crippen LogP contribution in [0.2, 0.25) is 0 Å². The van der Waals surface area contributed by atoms with E-state index >= 15 is 0 Å². The lowest BCUT2D eigenvalue weighted by Crippen LogP contribution is -1.99. The largest absolute Gasteiger partial charge is 0.340 e. The standard InChI is InChI=1S/C16H12F2N4/c17-11-5-7-12(8-6-11)21-15-9-16(20-10-19-15)22-14-4-2-1-3-13(14)18/h1-10H,(H2,19,20,21,22). The van der Waals surface area contributed by atoms with Crippen molar-refractivity contribution in [2.75, 3.05) is 10.6 Å². The van der Waals surface area contributed by atoms with Gasteiger partial charge in [0.15, 0.2) is 0 Å². The van der Waals surface area contributed by atoms with Crippen LogP contribution in [0.4, 0.5) is 31.8 Å². The first-order valence-electron chi connectivity index (χ1n) is 6.57. The number of benzene rings is 2. The number of halogens is 2. The van der Waals surface area contributed by atoms with Crippen LogP contribution in [0.15, 0.2) is 60.9 Å². The average molecular weight is 298 g/mol. The normalized spacial score (nSPS) is 10.3. The van der Waals surface area contributed by atoms with Crippen molar-refractivity contribution in [2.45, 2.75) is 0 Å². The SMILES string of the molecule is Fc1ccc(Nc2cc(Nc3ccccc3F)ncn2)cc1. The molecule has 0 spiro atoms. The van der Waals surface area contributed by atoms with Crippen LogP contribution in [-0.2, 0) is 0 Å². The monoisotopic (exact) mass is 298 g/mol. The number of para-hydroxylation sites is 1. The maximum atomic E-state index is 13.6. The lowest BCUT2D eigenvalue weighted by atomic mass is 10.3. The van der Waals surface area contributed by atoms with Gasteiger partial charge in [0.25, 0.3) is 0 Å². The Balaban J connectivity index is 1.78. The second-order valence-corrected chi connectivity index (χ2v) is 4.53. The van der Waals surface area contributed by atoms with Crippen molar-refractivity contribution < 1.29 is 8.78 Å². The van der Waals surface area contributed by atoms with Gasteiger partial charge >= 0.3 is 0 Å². The highest BCUT2D eigenvalue weighted by Crippen LogP contribution is 2.21. The van der Waals surface area contributed by atoms with Crippen molar-refractivity contribution in [3.63, 3.8) is 0 Å². The number of nitrogens with one attached hydrogen (secondary N) is 2. The third-order valence-electron chi connectivity index (χ3n) is 2.92. The molecule has 0 aliphatic heterocycles. The average Bonchev–Trinajstić information content (AvgIpc) is 2.52. The number of aromatic nitrogens is 2. The molecule has 0 aliphatic carbocycles. The lowest BCUT2D eigenvalue weighted by Gasteiger charge is -2.09. The molecule has 110 valence electrons. The number of hydrogen-bond donors (Lipinski definition) is 2. The van der Waals surface area contributed by atoms with Crippen LogP contribution >= 0.6 is 0 Å². The quantitative estimate of drug-likeness (QED) is 0.756. The van der Waals surface area contributed by atoms with Gasteiger partial charge in [-0.2, -0.15) is 0 Å². The van der Waals surface area contributed by atoms with E-state index in [2.05, 4.69) is 20.6 Å². The fraction of sp³-hybridized carbons (Fsp3) is 0. The first kappa shape index (κ1) is 13.9. The van der Waals surface area contributed by atoms with E-state index in [0.29, 0.717) is 23.0 Å². The van der Waals surface area contributed by atoms with Crippen molar-refractivity contribution in [3.8, 4) is 0 Å². The highest BCUT2D eigenvalue weighted by molar-refractivity contribution is 5.62. The summed E-state index contributed by atoms with van der Waals surface area (Å²) in [4.78, 5) is 8.11. The molecule has 1 heterocycles. The van der Waals surface area contributed by atoms with E-state index in [4.69, 9.17) is 0 Å². The maximum Gasteiger partial charge on any atom is 0.146 e. The molecular formula is C16H12F2N4. The number of nitrogens with zero attached hydrogens (tertiary/aromatic N) is 2. The van der Waals surface area contributed by atoms with Crippen LogP contribution in [0.5, 0.6) is 0 Å². The summed E-state index contributed by atoms with van der Waals surface area (Å²) >= 11 is 0. The second-order valence-electron chi connectivity index (χ2n) is 4.53. The van der Waals surface area contributed by atoms with Crippen LogP contribution in [-0.4, -0.2) is 9.97 Å². The molecule has 4 nitrogen and oxygen atoms in total. The lowest BCUT2D eigenvalue weighted by molar-refractivity contribution is 0.628. The highest BCUT2D eigenvalue weighted by Gasteiger charge is 2.04. The molecule has 0 radical (unpaired) electrons. The summed E-state index contributed by atoms with van der Waals surface area (Å²) in [5, 5.41) is 5.90. The fourth-order valence-electron chi connectivity index (χ4n) is 1.88. The molecule has 0 saturated heterocycles. The van der Waals surface area contributed by atoms with E-state index in [-0.39, 0.29) is 11.6 Å². The van der Waals surface area contributed by atoms with Crippen molar-refractivity contribution in [1.82, 2.24) is 9.97 Å². The molecule has 0 amide bonds. The zero-order chi connectivity index (χ0) is 15.4. The Morgan fingerprint density at radius 3 is 2.18 bits per heavy atom. The molecule has 0 unspecified atom stereocenters. The summed E-state index contributed by atoms with van der Waals surface area (Å²) in [7, 11) is 0. The van der Waals surface area contributed by atoms with Crippen molar-refractivity contribution in [2.24, 2.45) is 0 Å². The van der Waals surface area contributed by atoms with Crippen LogP contribution in [0.1, 0.15) is 0 Å². The number of anilines is 4. The Hall–Kier alpha value is -3.02. The molecule has 0 atom stereocenters. The van der Waals surface area contributed by atoms with E-state index in [1.165, 1.54) is 24.5 Å². The summed E-state index contributed by atoms with van der Waals surface area (Å²) in [6.07, 6.45) is 1.36. The minimum Gasteiger partial charge on any atom is -0.340 e. The summed E-state index contributed by atoms with van der Waals surface area (Å²) in [6, 6.07) is 13.8. The molecule has 22 heavy (non-hydrogen) atoms. The topological polar surface area (TPSA) is 49.8 Å². The number of rotatable bonds is 4. The molecule has 2 aromatic carbocycles. The zero-order valence-electron chi connectivity index (χ0n) is 11.4. The molecule has 3 rings (SSSR count). The molecule has 1 aromatic heterocycles. The van der Waals surface area contributed by atoms with Gasteiger partial charge in [0.2, 0.25) is 0 Å². The van der Waals surface area contributed by atoms with Crippen molar-refractivity contribution >= 4 is 23.0 Å². The van der Waals surface area contributed by atoms with Gasteiger partial charge in [-0.15, -0.1) is 0 Å². The Bertz CT molecular complexity index is 775. The number of hydrogen-bond acceptors (Lipinski definition) is 4. The van der Waals surface area contributed by atoms with Crippen LogP contribution in [0.3, 0.4) is 0 Å². The second kappa shape index (κ2) is 6.17. The fourth-order valence-corrected chi connectivity index (χ4v) is 1.88. The summed E-state index contributed by atoms with van der Waals surface area (Å²) in [5.41, 5.74) is 1.02. The first-order valence-corrected chi connectivity index (χ1v) is 6.57. The maximum absolute atomic E-state index is 13.6. The molecule has 0 saturated carbocycles. The van der Waals surface area contributed by atoms with Gasteiger partial charge in [-0.25, -0.2) is 18.7 Å². The predicted molar refractivity (Wildman–Crippen MR) is 81.4 cm³/mol. The summed E-state index contributed by atoms with van der Waals surface area (Å²) in [6.45, 7) is 0. The predicted octanol–water partition coefficient (Wildman–Crippen LogP) is 4.24. The molecule has 0 fully saturated rings. The Morgan fingerprint density at radius 2 is 1.45 bits per heavy atom. The van der Waals surface area contributed by atoms with Crippen LogP contribution in [0.25, 0.3) is 0 Å². The van der Waals surface area contributed by atoms with Crippen molar-refractivity contribution in [1.29, 1.82) is 0 Å². The van der Waals surface area contributed by atoms with E-state index in [0.717, 1.165) is 0 Å². The zero-order valence-corrected chi connectivity index (χ0v) is 11.4. The molecule has 6 heteroatoms. The Morgan fingerprint density at radius 1 is 0.773 bits per heavy atom. The molecular weight excluding hydrogens is 286 g/mol. The van der Waals surface area contributed by atoms with Gasteiger partial charge in [0.05, 0.1) is 5.69 Å². The minimum absolute atomic E-state index is 0.310. The molecule has 2 N–H and O–H groups in total.